The minimum atomic E-state index is 0.495. The third-order valence-corrected chi connectivity index (χ3v) is 4.86. The molecule has 1 N–H and O–H groups in total. The highest BCUT2D eigenvalue weighted by Gasteiger charge is 2.05. The van der Waals surface area contributed by atoms with Gasteiger partial charge in [0.1, 0.15) is 0 Å². The number of rotatable bonds is 5. The van der Waals surface area contributed by atoms with Gasteiger partial charge in [-0.3, -0.25) is 0 Å². The Kier molecular flexibility index (Phi) is 6.00. The van der Waals surface area contributed by atoms with E-state index < -0.39 is 0 Å². The molecule has 1 nitrogen and oxygen atoms in total. The molecule has 0 atom stereocenters. The Bertz CT molecular complexity index is 626. The zero-order valence-electron chi connectivity index (χ0n) is 12.4. The number of nitrogens with one attached hydrogen (secondary N) is 1. The molecule has 0 saturated carbocycles. The molecule has 112 valence electrons. The number of hydrogen-bond donors (Lipinski definition) is 1. The van der Waals surface area contributed by atoms with E-state index in [4.69, 9.17) is 23.2 Å². The summed E-state index contributed by atoms with van der Waals surface area (Å²) in [6, 6.07) is 12.8. The minimum absolute atomic E-state index is 0.495. The summed E-state index contributed by atoms with van der Waals surface area (Å²) in [5, 5.41) is 4.63. The van der Waals surface area contributed by atoms with Crippen molar-refractivity contribution < 1.29 is 0 Å². The Hall–Kier alpha value is -0.670. The molecule has 0 saturated heterocycles. The maximum Gasteiger partial charge on any atom is 0.0603 e. The summed E-state index contributed by atoms with van der Waals surface area (Å²) < 4.78 is 0. The Morgan fingerprint density at radius 2 is 1.67 bits per heavy atom. The van der Waals surface area contributed by atoms with Gasteiger partial charge in [0.2, 0.25) is 0 Å². The molecule has 0 aliphatic carbocycles. The van der Waals surface area contributed by atoms with Crippen LogP contribution >= 0.6 is 35.0 Å². The van der Waals surface area contributed by atoms with Crippen molar-refractivity contribution in [3.05, 3.63) is 57.6 Å². The van der Waals surface area contributed by atoms with Gasteiger partial charge < -0.3 is 5.32 Å². The minimum Gasteiger partial charge on any atom is -0.310 e. The van der Waals surface area contributed by atoms with Crippen LogP contribution in [0, 0.1) is 6.92 Å². The van der Waals surface area contributed by atoms with Crippen molar-refractivity contribution in [2.24, 2.45) is 0 Å². The number of halogens is 2. The largest absolute Gasteiger partial charge is 0.310 e. The van der Waals surface area contributed by atoms with E-state index >= 15 is 0 Å². The first-order chi connectivity index (χ1) is 9.95. The van der Waals surface area contributed by atoms with Gasteiger partial charge in [-0.2, -0.15) is 0 Å². The fourth-order valence-electron chi connectivity index (χ4n) is 1.92. The van der Waals surface area contributed by atoms with Gasteiger partial charge in [-0.05, 0) is 48.4 Å². The van der Waals surface area contributed by atoms with Crippen LogP contribution in [-0.4, -0.2) is 6.04 Å². The van der Waals surface area contributed by atoms with Gasteiger partial charge in [0.25, 0.3) is 0 Å². The lowest BCUT2D eigenvalue weighted by Gasteiger charge is -2.12. The Labute approximate surface area is 141 Å². The van der Waals surface area contributed by atoms with Crippen LogP contribution in [-0.2, 0) is 6.54 Å². The van der Waals surface area contributed by atoms with Crippen molar-refractivity contribution in [1.82, 2.24) is 5.32 Å². The van der Waals surface area contributed by atoms with Crippen LogP contribution in [0.25, 0.3) is 0 Å². The third-order valence-electron chi connectivity index (χ3n) is 3.14. The highest BCUT2D eigenvalue weighted by molar-refractivity contribution is 7.99. The molecule has 0 aliphatic rings. The van der Waals surface area contributed by atoms with Crippen molar-refractivity contribution in [3.8, 4) is 0 Å². The van der Waals surface area contributed by atoms with Crippen LogP contribution in [0.2, 0.25) is 10.0 Å². The molecule has 2 rings (SSSR count). The lowest BCUT2D eigenvalue weighted by Crippen LogP contribution is -2.22. The van der Waals surface area contributed by atoms with Gasteiger partial charge in [0, 0.05) is 22.4 Å². The van der Waals surface area contributed by atoms with E-state index in [1.807, 2.05) is 18.2 Å². The Morgan fingerprint density at radius 1 is 1.00 bits per heavy atom. The van der Waals surface area contributed by atoms with E-state index in [0.717, 1.165) is 11.4 Å². The normalized spacial score (nSPS) is 11.1. The highest BCUT2D eigenvalue weighted by atomic mass is 35.5. The second kappa shape index (κ2) is 7.55. The second-order valence-corrected chi connectivity index (χ2v) is 7.26. The highest BCUT2D eigenvalue weighted by Crippen LogP contribution is 2.33. The summed E-state index contributed by atoms with van der Waals surface area (Å²) in [6.07, 6.45) is 0. The first-order valence-corrected chi connectivity index (χ1v) is 8.49. The van der Waals surface area contributed by atoms with Crippen molar-refractivity contribution >= 4 is 35.0 Å². The van der Waals surface area contributed by atoms with E-state index in [2.05, 4.69) is 44.3 Å². The molecule has 0 aliphatic heterocycles. The van der Waals surface area contributed by atoms with Crippen LogP contribution in [0.4, 0.5) is 0 Å². The quantitative estimate of drug-likeness (QED) is 0.722. The zero-order chi connectivity index (χ0) is 15.4. The lowest BCUT2D eigenvalue weighted by atomic mass is 10.1. The van der Waals surface area contributed by atoms with Gasteiger partial charge in [0.15, 0.2) is 0 Å². The molecule has 0 amide bonds. The standard InChI is InChI=1S/C17H19Cl2NS/c1-11(2)20-10-13-4-5-14(8-12(13)3)21-15-6-7-16(18)17(19)9-15/h4-9,11,20H,10H2,1-3H3. The molecule has 0 unspecified atom stereocenters. The van der Waals surface area contributed by atoms with E-state index in [9.17, 15) is 0 Å². The molecule has 4 heteroatoms. The second-order valence-electron chi connectivity index (χ2n) is 5.30. The molecule has 0 radical (unpaired) electrons. The number of benzene rings is 2. The maximum absolute atomic E-state index is 6.05. The fraction of sp³-hybridized carbons (Fsp3) is 0.294. The fourth-order valence-corrected chi connectivity index (χ4v) is 3.24. The lowest BCUT2D eigenvalue weighted by molar-refractivity contribution is 0.587. The summed E-state index contributed by atoms with van der Waals surface area (Å²) in [5.74, 6) is 0. The molecule has 0 aromatic heterocycles. The van der Waals surface area contributed by atoms with Crippen molar-refractivity contribution in [1.29, 1.82) is 0 Å². The summed E-state index contributed by atoms with van der Waals surface area (Å²) in [5.41, 5.74) is 2.63. The molecule has 2 aromatic rings. The third kappa shape index (κ3) is 4.93. The van der Waals surface area contributed by atoms with Gasteiger partial charge in [0.05, 0.1) is 10.0 Å². The van der Waals surface area contributed by atoms with E-state index in [1.54, 1.807) is 11.8 Å². The van der Waals surface area contributed by atoms with Crippen LogP contribution in [0.15, 0.2) is 46.2 Å². The van der Waals surface area contributed by atoms with E-state index in [0.29, 0.717) is 16.1 Å². The van der Waals surface area contributed by atoms with Crippen LogP contribution in [0.5, 0.6) is 0 Å². The molecule has 0 heterocycles. The summed E-state index contributed by atoms with van der Waals surface area (Å²) in [7, 11) is 0. The number of aryl methyl sites for hydroxylation is 1. The predicted molar refractivity (Wildman–Crippen MR) is 93.7 cm³/mol. The van der Waals surface area contributed by atoms with Gasteiger partial charge in [-0.1, -0.05) is 54.9 Å². The molecule has 0 spiro atoms. The Balaban J connectivity index is 2.10. The SMILES string of the molecule is Cc1cc(Sc2ccc(Cl)c(Cl)c2)ccc1CNC(C)C. The summed E-state index contributed by atoms with van der Waals surface area (Å²) >= 11 is 13.7. The molecule has 21 heavy (non-hydrogen) atoms. The predicted octanol–water partition coefficient (Wildman–Crippen LogP) is 5.95. The van der Waals surface area contributed by atoms with Crippen LogP contribution in [0.3, 0.4) is 0 Å². The van der Waals surface area contributed by atoms with Crippen LogP contribution < -0.4 is 5.32 Å². The van der Waals surface area contributed by atoms with Gasteiger partial charge >= 0.3 is 0 Å². The first-order valence-electron chi connectivity index (χ1n) is 6.91. The van der Waals surface area contributed by atoms with Crippen LogP contribution in [0.1, 0.15) is 25.0 Å². The monoisotopic (exact) mass is 339 g/mol. The zero-order valence-corrected chi connectivity index (χ0v) is 14.7. The molecular formula is C17H19Cl2NS. The van der Waals surface area contributed by atoms with Gasteiger partial charge in [-0.15, -0.1) is 0 Å². The molecule has 0 bridgehead atoms. The first kappa shape index (κ1) is 16.7. The Morgan fingerprint density at radius 3 is 2.29 bits per heavy atom. The van der Waals surface area contributed by atoms with Crippen molar-refractivity contribution in [2.75, 3.05) is 0 Å². The molecule has 0 fully saturated rings. The summed E-state index contributed by atoms with van der Waals surface area (Å²) in [4.78, 5) is 2.30. The summed E-state index contributed by atoms with van der Waals surface area (Å²) in [6.45, 7) is 7.37. The van der Waals surface area contributed by atoms with Gasteiger partial charge in [-0.25, -0.2) is 0 Å². The topological polar surface area (TPSA) is 12.0 Å². The van der Waals surface area contributed by atoms with E-state index in [-0.39, 0.29) is 0 Å². The molecule has 2 aromatic carbocycles. The smallest absolute Gasteiger partial charge is 0.0603 e. The van der Waals surface area contributed by atoms with Crippen molar-refractivity contribution in [2.45, 2.75) is 43.1 Å². The van der Waals surface area contributed by atoms with E-state index in [1.165, 1.54) is 16.0 Å². The van der Waals surface area contributed by atoms with Crippen molar-refractivity contribution in [3.63, 3.8) is 0 Å². The maximum atomic E-state index is 6.05. The average Bonchev–Trinajstić information content (AvgIpc) is 2.42. The average molecular weight is 340 g/mol. The molecular weight excluding hydrogens is 321 g/mol. The number of hydrogen-bond acceptors (Lipinski definition) is 2.